The number of hydrogen-bond donors (Lipinski definition) is 4. The van der Waals surface area contributed by atoms with Crippen molar-refractivity contribution in [2.24, 2.45) is 11.5 Å². The summed E-state index contributed by atoms with van der Waals surface area (Å²) in [5.74, 6) is -1.52. The number of nitrogens with one attached hydrogen (secondary N) is 2. The highest BCUT2D eigenvalue weighted by atomic mass is 16.6. The summed E-state index contributed by atoms with van der Waals surface area (Å²) in [5.41, 5.74) is 9.47. The van der Waals surface area contributed by atoms with Crippen molar-refractivity contribution in [2.75, 3.05) is 26.2 Å². The SMILES string of the molecule is CC(C)(C)OC(=O)NCCN(C(=O)OC(C)(C)C)[C@@H](CCCNC(=O)[C@H](CCCN)N(C(=O)OCc1ccccc1)C(=O)OC(C)(C)C)C(N)=O. The van der Waals surface area contributed by atoms with E-state index >= 15 is 0 Å². The topological polar surface area (TPSA) is 222 Å². The minimum Gasteiger partial charge on any atom is -0.444 e. The largest absolute Gasteiger partial charge is 0.444 e. The maximum Gasteiger partial charge on any atom is 0.420 e. The van der Waals surface area contributed by atoms with Gasteiger partial charge in [0.1, 0.15) is 35.5 Å². The third-order valence-electron chi connectivity index (χ3n) is 6.60. The summed E-state index contributed by atoms with van der Waals surface area (Å²) < 4.78 is 21.6. The lowest BCUT2D eigenvalue weighted by molar-refractivity contribution is -0.126. The lowest BCUT2D eigenvalue weighted by atomic mass is 10.1. The molecule has 0 radical (unpaired) electrons. The van der Waals surface area contributed by atoms with Gasteiger partial charge in [0.2, 0.25) is 11.8 Å². The number of amides is 6. The zero-order valence-corrected chi connectivity index (χ0v) is 31.5. The van der Waals surface area contributed by atoms with Gasteiger partial charge < -0.3 is 41.0 Å². The average molecular weight is 723 g/mol. The highest BCUT2D eigenvalue weighted by Crippen LogP contribution is 2.19. The molecular weight excluding hydrogens is 664 g/mol. The van der Waals surface area contributed by atoms with E-state index in [1.165, 1.54) is 0 Å². The summed E-state index contributed by atoms with van der Waals surface area (Å²) in [5, 5.41) is 5.25. The summed E-state index contributed by atoms with van der Waals surface area (Å²) in [6.07, 6.45) is -3.23. The fourth-order valence-corrected chi connectivity index (χ4v) is 4.48. The zero-order chi connectivity index (χ0) is 39.0. The zero-order valence-electron chi connectivity index (χ0n) is 31.5. The molecule has 288 valence electrons. The van der Waals surface area contributed by atoms with Crippen molar-refractivity contribution in [2.45, 2.75) is 123 Å². The molecule has 0 aliphatic carbocycles. The Bertz CT molecular complexity index is 1300. The average Bonchev–Trinajstić information content (AvgIpc) is 2.98. The van der Waals surface area contributed by atoms with E-state index in [0.29, 0.717) is 10.5 Å². The van der Waals surface area contributed by atoms with Gasteiger partial charge in [0.05, 0.1) is 0 Å². The van der Waals surface area contributed by atoms with E-state index in [4.69, 9.17) is 30.4 Å². The van der Waals surface area contributed by atoms with Crippen LogP contribution < -0.4 is 22.1 Å². The number of alkyl carbamates (subject to hydrolysis) is 1. The molecule has 0 bridgehead atoms. The molecule has 0 heterocycles. The fraction of sp³-hybridized carbons (Fsp3) is 0.657. The Hall–Kier alpha value is -4.60. The Morgan fingerprint density at radius 1 is 0.706 bits per heavy atom. The molecule has 0 aromatic heterocycles. The van der Waals surface area contributed by atoms with Crippen LogP contribution in [-0.4, -0.2) is 101 Å². The molecule has 1 aromatic carbocycles. The van der Waals surface area contributed by atoms with Gasteiger partial charge in [-0.05, 0) is 100 Å². The van der Waals surface area contributed by atoms with Crippen LogP contribution in [0.4, 0.5) is 19.2 Å². The molecule has 16 nitrogen and oxygen atoms in total. The second-order valence-electron chi connectivity index (χ2n) is 14.8. The molecule has 0 aliphatic rings. The molecule has 2 atom stereocenters. The Morgan fingerprint density at radius 2 is 1.25 bits per heavy atom. The van der Waals surface area contributed by atoms with Gasteiger partial charge in [0, 0.05) is 19.6 Å². The highest BCUT2D eigenvalue weighted by Gasteiger charge is 2.39. The third kappa shape index (κ3) is 18.3. The van der Waals surface area contributed by atoms with Crippen LogP contribution in [-0.2, 0) is 35.1 Å². The van der Waals surface area contributed by atoms with Crippen LogP contribution >= 0.6 is 0 Å². The van der Waals surface area contributed by atoms with Gasteiger partial charge in [0.15, 0.2) is 0 Å². The molecule has 1 rings (SSSR count). The minimum atomic E-state index is -1.34. The van der Waals surface area contributed by atoms with E-state index < -0.39 is 65.1 Å². The first-order chi connectivity index (χ1) is 23.5. The van der Waals surface area contributed by atoms with Gasteiger partial charge in [-0.3, -0.25) is 14.5 Å². The number of ether oxygens (including phenoxy) is 4. The van der Waals surface area contributed by atoms with Gasteiger partial charge >= 0.3 is 24.4 Å². The van der Waals surface area contributed by atoms with Crippen LogP contribution in [0.5, 0.6) is 0 Å². The fourth-order valence-electron chi connectivity index (χ4n) is 4.48. The lowest BCUT2D eigenvalue weighted by Gasteiger charge is -2.32. The van der Waals surface area contributed by atoms with Gasteiger partial charge in [-0.15, -0.1) is 0 Å². The molecule has 0 saturated heterocycles. The summed E-state index contributed by atoms with van der Waals surface area (Å²) in [6, 6.07) is 6.31. The first kappa shape index (κ1) is 44.4. The van der Waals surface area contributed by atoms with E-state index in [2.05, 4.69) is 10.6 Å². The van der Waals surface area contributed by atoms with E-state index in [1.54, 1.807) is 92.6 Å². The van der Waals surface area contributed by atoms with Crippen molar-refractivity contribution in [3.63, 3.8) is 0 Å². The molecule has 0 saturated carbocycles. The molecule has 1 aromatic rings. The van der Waals surface area contributed by atoms with Crippen LogP contribution in [0, 0.1) is 0 Å². The molecule has 6 amide bonds. The van der Waals surface area contributed by atoms with Gasteiger partial charge in [0.25, 0.3) is 0 Å². The normalized spacial score (nSPS) is 12.8. The summed E-state index contributed by atoms with van der Waals surface area (Å²) in [7, 11) is 0. The van der Waals surface area contributed by atoms with Crippen LogP contribution in [0.15, 0.2) is 30.3 Å². The standard InChI is InChI=1S/C35H58N6O10/c1-33(2,3)49-29(44)39-21-22-40(30(45)50-34(4,5)6)25(27(37)42)18-14-20-38-28(43)26(17-13-19-36)41(32(47)51-35(7,8)9)31(46)48-23-24-15-11-10-12-16-24/h10-12,15-16,25-26H,13-14,17-23,36H2,1-9H3,(H2,37,42)(H,38,43)(H,39,44)/t25-,26-/m0/s1. The molecular formula is C35H58N6O10. The number of imide groups is 1. The summed E-state index contributed by atoms with van der Waals surface area (Å²) >= 11 is 0. The Morgan fingerprint density at radius 3 is 1.78 bits per heavy atom. The lowest BCUT2D eigenvalue weighted by Crippen LogP contribution is -2.54. The predicted octanol–water partition coefficient (Wildman–Crippen LogP) is 4.18. The molecule has 0 fully saturated rings. The van der Waals surface area contributed by atoms with Crippen LogP contribution in [0.25, 0.3) is 0 Å². The van der Waals surface area contributed by atoms with Crippen molar-refractivity contribution in [3.8, 4) is 0 Å². The summed E-state index contributed by atoms with van der Waals surface area (Å²) in [6.45, 7) is 14.8. The number of primary amides is 1. The third-order valence-corrected chi connectivity index (χ3v) is 6.60. The first-order valence-corrected chi connectivity index (χ1v) is 17.0. The number of nitrogens with two attached hydrogens (primary N) is 2. The number of benzene rings is 1. The molecule has 0 aliphatic heterocycles. The predicted molar refractivity (Wildman–Crippen MR) is 189 cm³/mol. The number of carbonyl (C=O) groups excluding carboxylic acids is 6. The number of rotatable bonds is 16. The first-order valence-electron chi connectivity index (χ1n) is 17.0. The molecule has 16 heteroatoms. The van der Waals surface area contributed by atoms with E-state index in [1.807, 2.05) is 0 Å². The maximum atomic E-state index is 13.6. The van der Waals surface area contributed by atoms with Crippen LogP contribution in [0.1, 0.15) is 93.6 Å². The van der Waals surface area contributed by atoms with Crippen molar-refractivity contribution in [3.05, 3.63) is 35.9 Å². The van der Waals surface area contributed by atoms with E-state index in [0.717, 1.165) is 4.90 Å². The monoisotopic (exact) mass is 722 g/mol. The van der Waals surface area contributed by atoms with Crippen molar-refractivity contribution in [1.29, 1.82) is 0 Å². The number of hydrogen-bond acceptors (Lipinski definition) is 11. The van der Waals surface area contributed by atoms with Crippen molar-refractivity contribution >= 4 is 36.2 Å². The number of nitrogens with zero attached hydrogens (tertiary/aromatic N) is 2. The Kier molecular flexibility index (Phi) is 17.7. The van der Waals surface area contributed by atoms with Crippen molar-refractivity contribution in [1.82, 2.24) is 20.4 Å². The highest BCUT2D eigenvalue weighted by molar-refractivity contribution is 5.95. The van der Waals surface area contributed by atoms with E-state index in [-0.39, 0.29) is 58.5 Å². The molecule has 0 spiro atoms. The molecule has 51 heavy (non-hydrogen) atoms. The van der Waals surface area contributed by atoms with Crippen LogP contribution in [0.3, 0.4) is 0 Å². The quantitative estimate of drug-likeness (QED) is 0.140. The Balaban J connectivity index is 3.13. The van der Waals surface area contributed by atoms with Gasteiger partial charge in [-0.2, -0.15) is 4.90 Å². The summed E-state index contributed by atoms with van der Waals surface area (Å²) in [4.78, 5) is 79.9. The molecule has 6 N–H and O–H groups in total. The van der Waals surface area contributed by atoms with Crippen molar-refractivity contribution < 1.29 is 47.7 Å². The van der Waals surface area contributed by atoms with Gasteiger partial charge in [-0.25, -0.2) is 19.2 Å². The van der Waals surface area contributed by atoms with E-state index in [9.17, 15) is 28.8 Å². The van der Waals surface area contributed by atoms with Gasteiger partial charge in [-0.1, -0.05) is 30.3 Å². The van der Waals surface area contributed by atoms with Crippen LogP contribution in [0.2, 0.25) is 0 Å². The second kappa shape index (κ2) is 20.3. The maximum absolute atomic E-state index is 13.6. The number of carbonyl (C=O) groups is 6. The second-order valence-corrected chi connectivity index (χ2v) is 14.8. The smallest absolute Gasteiger partial charge is 0.420 e. The minimum absolute atomic E-state index is 0.00363. The Labute approximate surface area is 301 Å². The molecule has 0 unspecified atom stereocenters.